The first-order valence-electron chi connectivity index (χ1n) is 5.22. The Balaban J connectivity index is 3.04. The number of aryl methyl sites for hydroxylation is 1. The van der Waals surface area contributed by atoms with E-state index in [1.807, 2.05) is 13.8 Å². The molecule has 8 heteroatoms. The Morgan fingerprint density at radius 1 is 1.05 bits per heavy atom. The highest BCUT2D eigenvalue weighted by molar-refractivity contribution is 8.04. The van der Waals surface area contributed by atoms with Gasteiger partial charge in [0.05, 0.1) is 12.0 Å². The summed E-state index contributed by atoms with van der Waals surface area (Å²) in [5.74, 6) is 0. The van der Waals surface area contributed by atoms with Crippen molar-refractivity contribution in [2.24, 2.45) is 0 Å². The molecule has 0 saturated heterocycles. The molecule has 0 amide bonds. The van der Waals surface area contributed by atoms with Gasteiger partial charge in [0, 0.05) is 4.90 Å². The second-order valence-corrected chi connectivity index (χ2v) is 6.64. The molecule has 0 N–H and O–H groups in total. The molecule has 0 bridgehead atoms. The maximum Gasteiger partial charge on any atom is 0.524 e. The summed E-state index contributed by atoms with van der Waals surface area (Å²) in [5, 5.41) is 0. The fourth-order valence-corrected chi connectivity index (χ4v) is 2.84. The molecule has 0 saturated carbocycles. The molecule has 0 spiro atoms. The Labute approximate surface area is 114 Å². The molecular weight excluding hydrogens is 301 g/mol. The van der Waals surface area contributed by atoms with Crippen LogP contribution in [0.5, 0.6) is 0 Å². The molecule has 0 unspecified atom stereocenters. The van der Waals surface area contributed by atoms with E-state index in [0.29, 0.717) is 10.5 Å². The molecule has 0 aliphatic carbocycles. The fourth-order valence-electron chi connectivity index (χ4n) is 1.38. The standard InChI is InChI=1S/C11H13F3O3S2/c1-6-5-10(9(4)8(3)7(6)2)18-17-19(15,16)11(12,13)14/h5H,1-4H3. The van der Waals surface area contributed by atoms with Crippen LogP contribution in [0, 0.1) is 27.7 Å². The van der Waals surface area contributed by atoms with Crippen molar-refractivity contribution in [1.29, 1.82) is 0 Å². The molecule has 1 rings (SSSR count). The van der Waals surface area contributed by atoms with Crippen LogP contribution in [0.2, 0.25) is 0 Å². The summed E-state index contributed by atoms with van der Waals surface area (Å²) in [6.07, 6.45) is 0. The molecule has 3 nitrogen and oxygen atoms in total. The summed E-state index contributed by atoms with van der Waals surface area (Å²) < 4.78 is 62.0. The summed E-state index contributed by atoms with van der Waals surface area (Å²) in [6.45, 7) is 7.21. The second-order valence-electron chi connectivity index (χ2n) is 4.12. The van der Waals surface area contributed by atoms with Crippen LogP contribution in [-0.2, 0) is 13.7 Å². The minimum atomic E-state index is -5.59. The SMILES string of the molecule is Cc1cc(SOS(=O)(=O)C(F)(F)F)c(C)c(C)c1C. The van der Waals surface area contributed by atoms with Crippen molar-refractivity contribution in [2.45, 2.75) is 38.1 Å². The highest BCUT2D eigenvalue weighted by Crippen LogP contribution is 2.34. The van der Waals surface area contributed by atoms with E-state index in [1.165, 1.54) is 0 Å². The van der Waals surface area contributed by atoms with Crippen molar-refractivity contribution in [3.05, 3.63) is 28.3 Å². The molecule has 0 heterocycles. The van der Waals surface area contributed by atoms with Crippen LogP contribution in [0.25, 0.3) is 0 Å². The Bertz CT molecular complexity index is 592. The molecule has 0 aromatic heterocycles. The van der Waals surface area contributed by atoms with Gasteiger partial charge in [-0.25, -0.2) is 0 Å². The summed E-state index contributed by atoms with van der Waals surface area (Å²) in [7, 11) is -5.59. The number of hydrogen-bond acceptors (Lipinski definition) is 4. The van der Waals surface area contributed by atoms with E-state index in [9.17, 15) is 21.6 Å². The van der Waals surface area contributed by atoms with Crippen LogP contribution in [0.15, 0.2) is 11.0 Å². The van der Waals surface area contributed by atoms with Crippen molar-refractivity contribution in [3.63, 3.8) is 0 Å². The van der Waals surface area contributed by atoms with Gasteiger partial charge in [0.15, 0.2) is 0 Å². The van der Waals surface area contributed by atoms with E-state index >= 15 is 0 Å². The maximum atomic E-state index is 12.1. The molecule has 19 heavy (non-hydrogen) atoms. The highest BCUT2D eigenvalue weighted by atomic mass is 32.3. The van der Waals surface area contributed by atoms with Gasteiger partial charge < -0.3 is 0 Å². The van der Waals surface area contributed by atoms with E-state index < -0.39 is 15.6 Å². The van der Waals surface area contributed by atoms with Gasteiger partial charge >= 0.3 is 15.6 Å². The van der Waals surface area contributed by atoms with Crippen molar-refractivity contribution in [3.8, 4) is 0 Å². The molecule has 0 atom stereocenters. The quantitative estimate of drug-likeness (QED) is 0.629. The number of benzene rings is 1. The Morgan fingerprint density at radius 2 is 1.58 bits per heavy atom. The smallest absolute Gasteiger partial charge is 0.189 e. The topological polar surface area (TPSA) is 43.4 Å². The van der Waals surface area contributed by atoms with E-state index in [2.05, 4.69) is 3.63 Å². The van der Waals surface area contributed by atoms with Crippen LogP contribution < -0.4 is 0 Å². The van der Waals surface area contributed by atoms with Gasteiger partial charge in [0.1, 0.15) is 0 Å². The second kappa shape index (κ2) is 5.34. The lowest BCUT2D eigenvalue weighted by atomic mass is 10.00. The minimum absolute atomic E-state index is 0.210. The number of alkyl halides is 3. The van der Waals surface area contributed by atoms with Gasteiger partial charge in [-0.1, -0.05) is 0 Å². The lowest BCUT2D eigenvalue weighted by Crippen LogP contribution is -2.23. The van der Waals surface area contributed by atoms with Crippen molar-refractivity contribution in [2.75, 3.05) is 0 Å². The lowest BCUT2D eigenvalue weighted by Gasteiger charge is -2.13. The van der Waals surface area contributed by atoms with Crippen molar-refractivity contribution in [1.82, 2.24) is 0 Å². The van der Waals surface area contributed by atoms with Crippen LogP contribution in [0.1, 0.15) is 22.3 Å². The van der Waals surface area contributed by atoms with Crippen molar-refractivity contribution >= 4 is 22.2 Å². The molecule has 0 fully saturated rings. The fraction of sp³-hybridized carbons (Fsp3) is 0.455. The summed E-state index contributed by atoms with van der Waals surface area (Å²) in [4.78, 5) is 0.355. The van der Waals surface area contributed by atoms with Crippen molar-refractivity contribution < 1.29 is 25.2 Å². The van der Waals surface area contributed by atoms with Gasteiger partial charge in [-0.15, -0.1) is 0 Å². The average Bonchev–Trinajstić information content (AvgIpc) is 2.28. The highest BCUT2D eigenvalue weighted by Gasteiger charge is 2.48. The molecular formula is C11H13F3O3S2. The van der Waals surface area contributed by atoms with Gasteiger partial charge in [0.25, 0.3) is 0 Å². The maximum absolute atomic E-state index is 12.1. The zero-order chi connectivity index (χ0) is 15.0. The normalized spacial score (nSPS) is 12.8. The Kier molecular flexibility index (Phi) is 4.58. The average molecular weight is 314 g/mol. The van der Waals surface area contributed by atoms with E-state index in [1.54, 1.807) is 19.9 Å². The Hall–Kier alpha value is -0.730. The van der Waals surface area contributed by atoms with Crippen LogP contribution >= 0.6 is 12.0 Å². The zero-order valence-electron chi connectivity index (χ0n) is 10.8. The zero-order valence-corrected chi connectivity index (χ0v) is 12.4. The first-order valence-corrected chi connectivity index (χ1v) is 7.37. The van der Waals surface area contributed by atoms with E-state index in [0.717, 1.165) is 16.7 Å². The predicted octanol–water partition coefficient (Wildman–Crippen LogP) is 3.79. The van der Waals surface area contributed by atoms with E-state index in [-0.39, 0.29) is 12.0 Å². The lowest BCUT2D eigenvalue weighted by molar-refractivity contribution is -0.0494. The summed E-state index contributed by atoms with van der Waals surface area (Å²) in [5.41, 5.74) is -1.94. The number of rotatable bonds is 3. The minimum Gasteiger partial charge on any atom is -0.189 e. The molecule has 108 valence electrons. The first-order chi connectivity index (χ1) is 8.47. The molecule has 0 aliphatic heterocycles. The van der Waals surface area contributed by atoms with Gasteiger partial charge in [-0.3, -0.25) is 0 Å². The monoisotopic (exact) mass is 314 g/mol. The van der Waals surface area contributed by atoms with Gasteiger partial charge in [0.2, 0.25) is 0 Å². The molecule has 0 radical (unpaired) electrons. The summed E-state index contributed by atoms with van der Waals surface area (Å²) >= 11 is 0.210. The van der Waals surface area contributed by atoms with E-state index in [4.69, 9.17) is 0 Å². The number of halogens is 3. The van der Waals surface area contributed by atoms with Gasteiger partial charge in [-0.2, -0.15) is 25.2 Å². The van der Waals surface area contributed by atoms with Crippen LogP contribution in [-0.4, -0.2) is 13.9 Å². The predicted molar refractivity (Wildman–Crippen MR) is 67.3 cm³/mol. The molecule has 1 aromatic carbocycles. The molecule has 1 aromatic rings. The Morgan fingerprint density at radius 3 is 2.05 bits per heavy atom. The van der Waals surface area contributed by atoms with Gasteiger partial charge in [-0.05, 0) is 56.0 Å². The number of hydrogen-bond donors (Lipinski definition) is 0. The third-order valence-corrected chi connectivity index (χ3v) is 5.09. The van der Waals surface area contributed by atoms with Crippen LogP contribution in [0.4, 0.5) is 13.2 Å². The van der Waals surface area contributed by atoms with Crippen LogP contribution in [0.3, 0.4) is 0 Å². The largest absolute Gasteiger partial charge is 0.524 e. The molecule has 0 aliphatic rings. The first kappa shape index (κ1) is 16.3. The third kappa shape index (κ3) is 3.43. The summed E-state index contributed by atoms with van der Waals surface area (Å²) in [6, 6.07) is 1.61. The third-order valence-electron chi connectivity index (χ3n) is 2.93.